The van der Waals surface area contributed by atoms with Crippen LogP contribution in [0.3, 0.4) is 0 Å². The predicted octanol–water partition coefficient (Wildman–Crippen LogP) is 2.44. The first-order valence-corrected chi connectivity index (χ1v) is 10.4. The smallest absolute Gasteiger partial charge is 0.340 e. The van der Waals surface area contributed by atoms with E-state index in [0.717, 1.165) is 0 Å². The fraction of sp³-hybridized carbons (Fsp3) is 0.556. The van der Waals surface area contributed by atoms with Crippen LogP contribution in [-0.4, -0.2) is 59.9 Å². The number of carbonyl (C=O) groups is 3. The Morgan fingerprint density at radius 3 is 2.64 bits per heavy atom. The number of ether oxygens (including phenoxy) is 1. The third kappa shape index (κ3) is 6.00. The van der Waals surface area contributed by atoms with Gasteiger partial charge in [-0.25, -0.2) is 9.78 Å². The lowest BCUT2D eigenvalue weighted by molar-refractivity contribution is -0.142. The van der Waals surface area contributed by atoms with Crippen molar-refractivity contribution in [1.82, 2.24) is 10.3 Å². The molecule has 1 saturated heterocycles. The average molecular weight is 430 g/mol. The molecule has 1 aliphatic rings. The molecular formula is C18H24ClN3O5S. The van der Waals surface area contributed by atoms with E-state index < -0.39 is 11.9 Å². The largest absolute Gasteiger partial charge is 0.481 e. The van der Waals surface area contributed by atoms with Gasteiger partial charge < -0.3 is 20.1 Å². The molecule has 10 heteroatoms. The van der Waals surface area contributed by atoms with E-state index in [-0.39, 0.29) is 24.0 Å². The van der Waals surface area contributed by atoms with Crippen LogP contribution in [-0.2, 0) is 14.3 Å². The molecule has 28 heavy (non-hydrogen) atoms. The lowest BCUT2D eigenvalue weighted by atomic mass is 9.97. The molecule has 1 amide bonds. The Balaban J connectivity index is 2.21. The molecule has 0 aromatic carbocycles. The van der Waals surface area contributed by atoms with Crippen LogP contribution < -0.4 is 10.2 Å². The zero-order valence-electron chi connectivity index (χ0n) is 15.9. The summed E-state index contributed by atoms with van der Waals surface area (Å²) < 4.78 is 5.09. The highest BCUT2D eigenvalue weighted by Gasteiger charge is 2.27. The van der Waals surface area contributed by atoms with Gasteiger partial charge in [-0.2, -0.15) is 0 Å². The number of amides is 1. The zero-order valence-corrected chi connectivity index (χ0v) is 17.4. The molecular weight excluding hydrogens is 406 g/mol. The van der Waals surface area contributed by atoms with Gasteiger partial charge in [0, 0.05) is 32.3 Å². The molecule has 0 bridgehead atoms. The molecule has 1 aromatic heterocycles. The van der Waals surface area contributed by atoms with Gasteiger partial charge in [0.1, 0.15) is 10.8 Å². The number of nitrogens with zero attached hydrogens (tertiary/aromatic N) is 2. The van der Waals surface area contributed by atoms with Crippen LogP contribution >= 0.6 is 23.4 Å². The van der Waals surface area contributed by atoms with E-state index in [0.29, 0.717) is 54.1 Å². The highest BCUT2D eigenvalue weighted by Crippen LogP contribution is 2.33. The van der Waals surface area contributed by atoms with Crippen molar-refractivity contribution in [3.05, 3.63) is 16.7 Å². The molecule has 1 aliphatic heterocycles. The van der Waals surface area contributed by atoms with Crippen molar-refractivity contribution in [2.24, 2.45) is 5.92 Å². The first kappa shape index (κ1) is 22.3. The number of aliphatic carboxylic acids is 1. The number of halogens is 1. The summed E-state index contributed by atoms with van der Waals surface area (Å²) in [6, 6.07) is 1.55. The van der Waals surface area contributed by atoms with E-state index in [1.54, 1.807) is 13.0 Å². The van der Waals surface area contributed by atoms with Crippen LogP contribution in [0.2, 0.25) is 5.02 Å². The van der Waals surface area contributed by atoms with Gasteiger partial charge in [0.05, 0.1) is 23.1 Å². The van der Waals surface area contributed by atoms with Gasteiger partial charge in [-0.3, -0.25) is 9.59 Å². The predicted molar refractivity (Wildman–Crippen MR) is 107 cm³/mol. The number of esters is 1. The number of hydrogen-bond acceptors (Lipinski definition) is 7. The van der Waals surface area contributed by atoms with Crippen LogP contribution in [0.4, 0.5) is 5.82 Å². The Kier molecular flexibility index (Phi) is 8.37. The first-order chi connectivity index (χ1) is 13.3. The Bertz CT molecular complexity index is 738. The molecule has 0 spiro atoms. The number of carbonyl (C=O) groups excluding carboxylic acids is 2. The molecule has 2 heterocycles. The van der Waals surface area contributed by atoms with Crippen LogP contribution in [0.1, 0.15) is 37.0 Å². The molecule has 2 N–H and O–H groups in total. The first-order valence-electron chi connectivity index (χ1n) is 9.06. The normalized spacial score (nSPS) is 14.6. The summed E-state index contributed by atoms with van der Waals surface area (Å²) in [4.78, 5) is 41.0. The minimum Gasteiger partial charge on any atom is -0.481 e. The number of thioether (sulfide) groups is 1. The lowest BCUT2D eigenvalue weighted by Crippen LogP contribution is -2.37. The Morgan fingerprint density at radius 2 is 2.07 bits per heavy atom. The molecule has 0 atom stereocenters. The minimum atomic E-state index is -0.786. The molecule has 1 fully saturated rings. The maximum Gasteiger partial charge on any atom is 0.340 e. The van der Waals surface area contributed by atoms with Crippen LogP contribution in [0, 0.1) is 5.92 Å². The second-order valence-corrected chi connectivity index (χ2v) is 7.79. The number of carboxylic acids is 1. The van der Waals surface area contributed by atoms with Crippen molar-refractivity contribution in [1.29, 1.82) is 0 Å². The van der Waals surface area contributed by atoms with Gasteiger partial charge in [-0.1, -0.05) is 11.6 Å². The van der Waals surface area contributed by atoms with Gasteiger partial charge in [0.15, 0.2) is 0 Å². The van der Waals surface area contributed by atoms with Crippen molar-refractivity contribution in [3.63, 3.8) is 0 Å². The number of anilines is 1. The molecule has 2 rings (SSSR count). The number of aromatic nitrogens is 1. The molecule has 0 aliphatic carbocycles. The monoisotopic (exact) mass is 429 g/mol. The minimum absolute atomic E-state index is 0.128. The number of carboxylic acid groups (broad SMARTS) is 1. The van der Waals surface area contributed by atoms with Gasteiger partial charge >= 0.3 is 11.9 Å². The number of hydrogen-bond donors (Lipinski definition) is 2. The maximum absolute atomic E-state index is 12.3. The van der Waals surface area contributed by atoms with Crippen molar-refractivity contribution in [2.75, 3.05) is 36.9 Å². The van der Waals surface area contributed by atoms with E-state index in [4.69, 9.17) is 21.4 Å². The summed E-state index contributed by atoms with van der Waals surface area (Å²) >= 11 is 7.72. The summed E-state index contributed by atoms with van der Waals surface area (Å²) in [5.41, 5.74) is 0.281. The topological polar surface area (TPSA) is 109 Å². The van der Waals surface area contributed by atoms with Gasteiger partial charge in [0.25, 0.3) is 0 Å². The summed E-state index contributed by atoms with van der Waals surface area (Å²) in [6.07, 6.45) is 1.02. The highest BCUT2D eigenvalue weighted by molar-refractivity contribution is 7.99. The van der Waals surface area contributed by atoms with Gasteiger partial charge in [0.2, 0.25) is 5.91 Å². The summed E-state index contributed by atoms with van der Waals surface area (Å²) in [6.45, 7) is 4.88. The van der Waals surface area contributed by atoms with E-state index in [1.165, 1.54) is 18.7 Å². The van der Waals surface area contributed by atoms with Gasteiger partial charge in [-0.15, -0.1) is 11.8 Å². The van der Waals surface area contributed by atoms with Crippen molar-refractivity contribution in [2.45, 2.75) is 31.7 Å². The Labute approximate surface area is 173 Å². The molecule has 1 aromatic rings. The summed E-state index contributed by atoms with van der Waals surface area (Å²) in [5, 5.41) is 12.7. The molecule has 8 nitrogen and oxygen atoms in total. The summed E-state index contributed by atoms with van der Waals surface area (Å²) in [7, 11) is 0. The third-order valence-electron chi connectivity index (χ3n) is 4.28. The number of pyridine rings is 1. The van der Waals surface area contributed by atoms with Crippen LogP contribution in [0.5, 0.6) is 0 Å². The summed E-state index contributed by atoms with van der Waals surface area (Å²) in [5.74, 6) is -0.722. The molecule has 0 saturated carbocycles. The average Bonchev–Trinajstić information content (AvgIpc) is 2.66. The molecule has 0 unspecified atom stereocenters. The number of rotatable bonds is 8. The Morgan fingerprint density at radius 1 is 1.39 bits per heavy atom. The second-order valence-electron chi connectivity index (χ2n) is 6.30. The Hall–Kier alpha value is -2.00. The van der Waals surface area contributed by atoms with E-state index in [1.807, 2.05) is 4.90 Å². The third-order valence-corrected chi connectivity index (χ3v) is 5.55. The lowest BCUT2D eigenvalue weighted by Gasteiger charge is -2.32. The van der Waals surface area contributed by atoms with Crippen LogP contribution in [0.15, 0.2) is 11.1 Å². The van der Waals surface area contributed by atoms with E-state index in [9.17, 15) is 14.4 Å². The van der Waals surface area contributed by atoms with E-state index >= 15 is 0 Å². The SMILES string of the molecule is CCOC(=O)c1cc(Cl)c(N2CCC(C(=O)O)CC2)nc1SCCNC(C)=O. The van der Waals surface area contributed by atoms with Crippen molar-refractivity contribution in [3.8, 4) is 0 Å². The van der Waals surface area contributed by atoms with Crippen LogP contribution in [0.25, 0.3) is 0 Å². The fourth-order valence-corrected chi connectivity index (χ4v) is 3.98. The zero-order chi connectivity index (χ0) is 20.7. The molecule has 154 valence electrons. The maximum atomic E-state index is 12.3. The number of piperidine rings is 1. The fourth-order valence-electron chi connectivity index (χ4n) is 2.86. The highest BCUT2D eigenvalue weighted by atomic mass is 35.5. The standard InChI is InChI=1S/C18H24ClN3O5S/c1-3-27-18(26)13-10-14(19)15(21-16(13)28-9-6-20-11(2)23)22-7-4-12(5-8-22)17(24)25/h10,12H,3-9H2,1-2H3,(H,20,23)(H,24,25). The van der Waals surface area contributed by atoms with E-state index in [2.05, 4.69) is 10.3 Å². The number of nitrogens with one attached hydrogen (secondary N) is 1. The van der Waals surface area contributed by atoms with Crippen molar-refractivity contribution < 1.29 is 24.2 Å². The quantitative estimate of drug-likeness (QED) is 0.368. The molecule has 0 radical (unpaired) electrons. The van der Waals surface area contributed by atoms with Gasteiger partial charge in [-0.05, 0) is 25.8 Å². The van der Waals surface area contributed by atoms with Crippen molar-refractivity contribution >= 4 is 47.0 Å². The second kappa shape index (κ2) is 10.5.